The first kappa shape index (κ1) is 17.4. The van der Waals surface area contributed by atoms with Gasteiger partial charge in [-0.05, 0) is 32.9 Å². The molecule has 0 spiro atoms. The van der Waals surface area contributed by atoms with Crippen LogP contribution >= 0.6 is 0 Å². The zero-order chi connectivity index (χ0) is 18.4. The van der Waals surface area contributed by atoms with Crippen molar-refractivity contribution in [3.8, 4) is 0 Å². The maximum atomic E-state index is 12.7. The highest BCUT2D eigenvalue weighted by Gasteiger charge is 2.48. The molecule has 2 aliphatic heterocycles. The summed E-state index contributed by atoms with van der Waals surface area (Å²) in [5, 5.41) is 0. The number of amides is 3. The molecule has 7 heteroatoms. The van der Waals surface area contributed by atoms with E-state index in [0.717, 1.165) is 0 Å². The number of rotatable bonds is 2. The lowest BCUT2D eigenvalue weighted by molar-refractivity contribution is 0.0249. The SMILES string of the molecule is CO[C@H]1CN(C(=O)OC(C)(C)C)C[C@H]1N1C(=O)c2ccccc2C1=O. The number of hydrogen-bond donors (Lipinski definition) is 0. The zero-order valence-corrected chi connectivity index (χ0v) is 14.8. The van der Waals surface area contributed by atoms with E-state index in [4.69, 9.17) is 9.47 Å². The van der Waals surface area contributed by atoms with Crippen molar-refractivity contribution in [1.29, 1.82) is 0 Å². The van der Waals surface area contributed by atoms with E-state index in [1.165, 1.54) is 16.9 Å². The number of carbonyl (C=O) groups is 3. The summed E-state index contributed by atoms with van der Waals surface area (Å²) in [6.45, 7) is 5.83. The van der Waals surface area contributed by atoms with Gasteiger partial charge in [0.2, 0.25) is 0 Å². The first-order chi connectivity index (χ1) is 11.7. The summed E-state index contributed by atoms with van der Waals surface area (Å²) in [7, 11) is 1.51. The van der Waals surface area contributed by atoms with Gasteiger partial charge in [-0.3, -0.25) is 14.5 Å². The van der Waals surface area contributed by atoms with Crippen molar-refractivity contribution in [3.63, 3.8) is 0 Å². The van der Waals surface area contributed by atoms with Crippen molar-refractivity contribution in [3.05, 3.63) is 35.4 Å². The molecule has 134 valence electrons. The van der Waals surface area contributed by atoms with E-state index in [2.05, 4.69) is 0 Å². The van der Waals surface area contributed by atoms with Crippen LogP contribution in [-0.2, 0) is 9.47 Å². The topological polar surface area (TPSA) is 76.2 Å². The van der Waals surface area contributed by atoms with Gasteiger partial charge in [0.25, 0.3) is 11.8 Å². The molecule has 1 saturated heterocycles. The lowest BCUT2D eigenvalue weighted by Crippen LogP contribution is -2.47. The fraction of sp³-hybridized carbons (Fsp3) is 0.500. The van der Waals surface area contributed by atoms with Gasteiger partial charge in [-0.25, -0.2) is 4.79 Å². The van der Waals surface area contributed by atoms with Crippen LogP contribution in [0.1, 0.15) is 41.5 Å². The van der Waals surface area contributed by atoms with Crippen molar-refractivity contribution >= 4 is 17.9 Å². The third-order valence-corrected chi connectivity index (χ3v) is 4.35. The average molecular weight is 346 g/mol. The molecule has 0 unspecified atom stereocenters. The second kappa shape index (κ2) is 6.15. The molecular weight excluding hydrogens is 324 g/mol. The molecule has 1 aromatic carbocycles. The number of ether oxygens (including phenoxy) is 2. The minimum Gasteiger partial charge on any atom is -0.444 e. The predicted octanol–water partition coefficient (Wildman–Crippen LogP) is 1.92. The molecule has 7 nitrogen and oxygen atoms in total. The molecule has 3 rings (SSSR count). The Bertz CT molecular complexity index is 689. The Morgan fingerprint density at radius 3 is 2.12 bits per heavy atom. The van der Waals surface area contributed by atoms with Crippen LogP contribution in [0.25, 0.3) is 0 Å². The zero-order valence-electron chi connectivity index (χ0n) is 14.8. The quantitative estimate of drug-likeness (QED) is 0.765. The fourth-order valence-corrected chi connectivity index (χ4v) is 3.22. The standard InChI is InChI=1S/C18H22N2O5/c1-18(2,3)25-17(23)19-9-13(14(10-19)24-4)20-15(21)11-7-5-6-8-12(11)16(20)22/h5-8,13-14H,9-10H2,1-4H3/t13-,14+/m1/s1. The molecule has 2 atom stereocenters. The summed E-state index contributed by atoms with van der Waals surface area (Å²) in [5.41, 5.74) is 0.156. The van der Waals surface area contributed by atoms with Crippen LogP contribution < -0.4 is 0 Å². The lowest BCUT2D eigenvalue weighted by Gasteiger charge is -2.26. The van der Waals surface area contributed by atoms with Gasteiger partial charge in [-0.2, -0.15) is 0 Å². The normalized spacial score (nSPS) is 23.2. The van der Waals surface area contributed by atoms with Crippen LogP contribution in [0.4, 0.5) is 4.79 Å². The highest BCUT2D eigenvalue weighted by molar-refractivity contribution is 6.21. The van der Waals surface area contributed by atoms with Crippen LogP contribution in [0.5, 0.6) is 0 Å². The van der Waals surface area contributed by atoms with E-state index in [1.54, 1.807) is 45.0 Å². The van der Waals surface area contributed by atoms with Crippen LogP contribution in [0, 0.1) is 0 Å². The van der Waals surface area contributed by atoms with E-state index in [1.807, 2.05) is 0 Å². The van der Waals surface area contributed by atoms with Gasteiger partial charge in [-0.15, -0.1) is 0 Å². The number of likely N-dealkylation sites (tertiary alicyclic amines) is 1. The van der Waals surface area contributed by atoms with Gasteiger partial charge >= 0.3 is 6.09 Å². The molecule has 0 aromatic heterocycles. The molecule has 25 heavy (non-hydrogen) atoms. The summed E-state index contributed by atoms with van der Waals surface area (Å²) >= 11 is 0. The third-order valence-electron chi connectivity index (χ3n) is 4.35. The summed E-state index contributed by atoms with van der Waals surface area (Å²) < 4.78 is 10.8. The first-order valence-electron chi connectivity index (χ1n) is 8.20. The molecule has 2 aliphatic rings. The Kier molecular flexibility index (Phi) is 4.28. The number of methoxy groups -OCH3 is 1. The first-order valence-corrected chi connectivity index (χ1v) is 8.20. The van der Waals surface area contributed by atoms with E-state index < -0.39 is 23.8 Å². The summed E-state index contributed by atoms with van der Waals surface area (Å²) in [4.78, 5) is 40.4. The van der Waals surface area contributed by atoms with Crippen molar-refractivity contribution in [2.75, 3.05) is 20.2 Å². The smallest absolute Gasteiger partial charge is 0.410 e. The van der Waals surface area contributed by atoms with Gasteiger partial charge in [0.1, 0.15) is 5.60 Å². The molecule has 1 aromatic rings. The number of hydrogen-bond acceptors (Lipinski definition) is 5. The molecule has 0 N–H and O–H groups in total. The molecule has 0 radical (unpaired) electrons. The molecule has 2 heterocycles. The van der Waals surface area contributed by atoms with Crippen LogP contribution in [0.3, 0.4) is 0 Å². The molecule has 0 bridgehead atoms. The van der Waals surface area contributed by atoms with Crippen molar-refractivity contribution in [1.82, 2.24) is 9.80 Å². The summed E-state index contributed by atoms with van der Waals surface area (Å²) in [5.74, 6) is -0.697. The second-order valence-electron chi connectivity index (χ2n) is 7.25. The van der Waals surface area contributed by atoms with Crippen molar-refractivity contribution < 1.29 is 23.9 Å². The number of imide groups is 1. The molecule has 0 aliphatic carbocycles. The number of benzene rings is 1. The summed E-state index contributed by atoms with van der Waals surface area (Å²) in [6, 6.07) is 6.19. The lowest BCUT2D eigenvalue weighted by atomic mass is 10.1. The number of carbonyl (C=O) groups excluding carboxylic acids is 3. The van der Waals surface area contributed by atoms with Gasteiger partial charge in [0, 0.05) is 13.7 Å². The van der Waals surface area contributed by atoms with Crippen LogP contribution in [0.15, 0.2) is 24.3 Å². The minimum atomic E-state index is -0.618. The third kappa shape index (κ3) is 3.11. The molecule has 3 amide bonds. The maximum Gasteiger partial charge on any atom is 0.410 e. The average Bonchev–Trinajstić information content (AvgIpc) is 3.06. The van der Waals surface area contributed by atoms with Gasteiger partial charge in [-0.1, -0.05) is 12.1 Å². The Balaban J connectivity index is 1.82. The second-order valence-corrected chi connectivity index (χ2v) is 7.25. The Labute approximate surface area is 146 Å². The van der Waals surface area contributed by atoms with Crippen molar-refractivity contribution in [2.24, 2.45) is 0 Å². The van der Waals surface area contributed by atoms with E-state index in [9.17, 15) is 14.4 Å². The van der Waals surface area contributed by atoms with E-state index in [0.29, 0.717) is 11.1 Å². The largest absolute Gasteiger partial charge is 0.444 e. The molecule has 1 fully saturated rings. The Morgan fingerprint density at radius 1 is 1.08 bits per heavy atom. The summed E-state index contributed by atoms with van der Waals surface area (Å²) in [6.07, 6.45) is -0.927. The predicted molar refractivity (Wildman–Crippen MR) is 89.3 cm³/mol. The molecular formula is C18H22N2O5. The van der Waals surface area contributed by atoms with Crippen molar-refractivity contribution in [2.45, 2.75) is 38.5 Å². The van der Waals surface area contributed by atoms with Crippen LogP contribution in [0.2, 0.25) is 0 Å². The monoisotopic (exact) mass is 346 g/mol. The number of nitrogens with zero attached hydrogens (tertiary/aromatic N) is 2. The van der Waals surface area contributed by atoms with Gasteiger partial charge in [0.15, 0.2) is 0 Å². The maximum absolute atomic E-state index is 12.7. The highest BCUT2D eigenvalue weighted by Crippen LogP contribution is 2.29. The minimum absolute atomic E-state index is 0.193. The fourth-order valence-electron chi connectivity index (χ4n) is 3.22. The Hall–Kier alpha value is -2.41. The van der Waals surface area contributed by atoms with E-state index >= 15 is 0 Å². The van der Waals surface area contributed by atoms with Gasteiger partial charge in [0.05, 0.1) is 29.8 Å². The molecule has 0 saturated carbocycles. The highest BCUT2D eigenvalue weighted by atomic mass is 16.6. The van der Waals surface area contributed by atoms with Crippen LogP contribution in [-0.4, -0.2) is 65.7 Å². The number of fused-ring (bicyclic) bond motifs is 1. The van der Waals surface area contributed by atoms with E-state index in [-0.39, 0.29) is 24.9 Å². The van der Waals surface area contributed by atoms with Gasteiger partial charge < -0.3 is 14.4 Å². The Morgan fingerprint density at radius 2 is 1.64 bits per heavy atom.